The summed E-state index contributed by atoms with van der Waals surface area (Å²) in [5.41, 5.74) is 0.859. The van der Waals surface area contributed by atoms with Crippen molar-refractivity contribution in [3.8, 4) is 0 Å². The number of hydrogen-bond donors (Lipinski definition) is 2. The number of nitrogens with zero attached hydrogens (tertiary/aromatic N) is 1. The van der Waals surface area contributed by atoms with Crippen molar-refractivity contribution < 1.29 is 9.90 Å². The number of likely N-dealkylation sites (tertiary alicyclic amines) is 1. The summed E-state index contributed by atoms with van der Waals surface area (Å²) in [6.07, 6.45) is 0. The highest BCUT2D eigenvalue weighted by molar-refractivity contribution is 14.1. The number of carbonyl (C=O) groups is 1. The fourth-order valence-electron chi connectivity index (χ4n) is 1.88. The van der Waals surface area contributed by atoms with Crippen molar-refractivity contribution in [3.05, 3.63) is 27.8 Å². The minimum atomic E-state index is 0.00510. The van der Waals surface area contributed by atoms with Crippen LogP contribution in [0.3, 0.4) is 0 Å². The summed E-state index contributed by atoms with van der Waals surface area (Å²) in [5.74, 6) is 0.352. The molecule has 1 saturated heterocycles. The highest BCUT2D eigenvalue weighted by Crippen LogP contribution is 2.18. The molecule has 4 nitrogen and oxygen atoms in total. The average molecular weight is 346 g/mol. The number of carbonyl (C=O) groups excluding carboxylic acids is 1. The molecule has 1 fully saturated rings. The zero-order valence-electron chi connectivity index (χ0n) is 9.40. The Morgan fingerprint density at radius 3 is 2.82 bits per heavy atom. The predicted molar refractivity (Wildman–Crippen MR) is 74.8 cm³/mol. The molecule has 2 N–H and O–H groups in total. The topological polar surface area (TPSA) is 52.6 Å². The van der Waals surface area contributed by atoms with Crippen LogP contribution < -0.4 is 5.32 Å². The van der Waals surface area contributed by atoms with Crippen LogP contribution in [0, 0.1) is 9.49 Å². The van der Waals surface area contributed by atoms with Gasteiger partial charge in [-0.15, -0.1) is 0 Å². The molecule has 5 heteroatoms. The van der Waals surface area contributed by atoms with Gasteiger partial charge in [-0.3, -0.25) is 9.69 Å². The van der Waals surface area contributed by atoms with Crippen LogP contribution >= 0.6 is 22.6 Å². The third-order valence-electron chi connectivity index (χ3n) is 2.81. The summed E-state index contributed by atoms with van der Waals surface area (Å²) < 4.78 is 1.04. The number of halogens is 1. The van der Waals surface area contributed by atoms with Gasteiger partial charge in [0.2, 0.25) is 5.91 Å². The second-order valence-electron chi connectivity index (χ2n) is 4.27. The lowest BCUT2D eigenvalue weighted by Gasteiger charge is -2.37. The van der Waals surface area contributed by atoms with Gasteiger partial charge in [0.1, 0.15) is 0 Å². The molecule has 0 unspecified atom stereocenters. The maximum absolute atomic E-state index is 11.7. The largest absolute Gasteiger partial charge is 0.396 e. The van der Waals surface area contributed by atoms with Crippen LogP contribution in [0.25, 0.3) is 0 Å². The van der Waals surface area contributed by atoms with Gasteiger partial charge in [0.05, 0.1) is 12.2 Å². The van der Waals surface area contributed by atoms with Crippen molar-refractivity contribution in [2.24, 2.45) is 5.92 Å². The van der Waals surface area contributed by atoms with E-state index in [4.69, 9.17) is 5.11 Å². The smallest absolute Gasteiger partial charge is 0.238 e. The van der Waals surface area contributed by atoms with E-state index in [2.05, 4.69) is 27.9 Å². The van der Waals surface area contributed by atoms with Crippen molar-refractivity contribution in [3.63, 3.8) is 0 Å². The lowest BCUT2D eigenvalue weighted by molar-refractivity contribution is -0.119. The highest BCUT2D eigenvalue weighted by atomic mass is 127. The quantitative estimate of drug-likeness (QED) is 0.805. The van der Waals surface area contributed by atoms with E-state index in [-0.39, 0.29) is 12.5 Å². The molecule has 1 aromatic carbocycles. The Morgan fingerprint density at radius 2 is 2.18 bits per heavy atom. The zero-order valence-corrected chi connectivity index (χ0v) is 11.6. The number of nitrogens with one attached hydrogen (secondary N) is 1. The van der Waals surface area contributed by atoms with E-state index in [1.807, 2.05) is 29.2 Å². The van der Waals surface area contributed by atoms with Gasteiger partial charge >= 0.3 is 0 Å². The summed E-state index contributed by atoms with van der Waals surface area (Å²) in [7, 11) is 0. The van der Waals surface area contributed by atoms with Crippen molar-refractivity contribution in [2.45, 2.75) is 0 Å². The number of para-hydroxylation sites is 1. The molecule has 1 aliphatic heterocycles. The molecule has 1 aliphatic rings. The van der Waals surface area contributed by atoms with E-state index < -0.39 is 0 Å². The Kier molecular flexibility index (Phi) is 4.36. The van der Waals surface area contributed by atoms with Gasteiger partial charge in [0.25, 0.3) is 0 Å². The number of rotatable bonds is 4. The molecule has 92 valence electrons. The molecule has 0 aromatic heterocycles. The van der Waals surface area contributed by atoms with Crippen LogP contribution in [0.2, 0.25) is 0 Å². The molecule has 0 spiro atoms. The summed E-state index contributed by atoms with van der Waals surface area (Å²) in [4.78, 5) is 13.8. The van der Waals surface area contributed by atoms with Gasteiger partial charge in [-0.2, -0.15) is 0 Å². The number of hydrogen-bond acceptors (Lipinski definition) is 3. The van der Waals surface area contributed by atoms with E-state index >= 15 is 0 Å². The van der Waals surface area contributed by atoms with Crippen molar-refractivity contribution >= 4 is 34.2 Å². The van der Waals surface area contributed by atoms with Crippen LogP contribution in [-0.4, -0.2) is 42.2 Å². The average Bonchev–Trinajstić information content (AvgIpc) is 2.26. The maximum atomic E-state index is 11.7. The number of amides is 1. The predicted octanol–water partition coefficient (Wildman–Crippen LogP) is 1.15. The molecule has 1 amide bonds. The summed E-state index contributed by atoms with van der Waals surface area (Å²) in [6.45, 7) is 2.25. The van der Waals surface area contributed by atoms with E-state index in [1.165, 1.54) is 0 Å². The fourth-order valence-corrected chi connectivity index (χ4v) is 2.40. The molecule has 0 aliphatic carbocycles. The summed E-state index contributed by atoms with van der Waals surface area (Å²) in [5, 5.41) is 11.8. The SMILES string of the molecule is O=C(CN1CC(CO)C1)Nc1ccccc1I. The molecule has 0 radical (unpaired) electrons. The number of aliphatic hydroxyl groups excluding tert-OH is 1. The van der Waals surface area contributed by atoms with Gasteiger partial charge < -0.3 is 10.4 Å². The monoisotopic (exact) mass is 346 g/mol. The van der Waals surface area contributed by atoms with Crippen LogP contribution in [-0.2, 0) is 4.79 Å². The molecular formula is C12H15IN2O2. The highest BCUT2D eigenvalue weighted by Gasteiger charge is 2.27. The molecule has 0 bridgehead atoms. The first kappa shape index (κ1) is 12.8. The fraction of sp³-hybridized carbons (Fsp3) is 0.417. The molecule has 0 saturated carbocycles. The van der Waals surface area contributed by atoms with Gasteiger partial charge in [-0.1, -0.05) is 12.1 Å². The van der Waals surface area contributed by atoms with E-state index in [0.29, 0.717) is 12.5 Å². The molecular weight excluding hydrogens is 331 g/mol. The first-order valence-electron chi connectivity index (χ1n) is 5.56. The molecule has 0 atom stereocenters. The van der Waals surface area contributed by atoms with Crippen LogP contribution in [0.5, 0.6) is 0 Å². The lowest BCUT2D eigenvalue weighted by atomic mass is 10.0. The van der Waals surface area contributed by atoms with E-state index in [0.717, 1.165) is 22.3 Å². The molecule has 17 heavy (non-hydrogen) atoms. The Labute approximate surface area is 114 Å². The van der Waals surface area contributed by atoms with Crippen LogP contribution in [0.15, 0.2) is 24.3 Å². The van der Waals surface area contributed by atoms with Crippen molar-refractivity contribution in [2.75, 3.05) is 31.6 Å². The maximum Gasteiger partial charge on any atom is 0.238 e. The van der Waals surface area contributed by atoms with E-state index in [9.17, 15) is 4.79 Å². The summed E-state index contributed by atoms with van der Waals surface area (Å²) in [6, 6.07) is 7.70. The Bertz CT molecular complexity index is 405. The van der Waals surface area contributed by atoms with Crippen molar-refractivity contribution in [1.29, 1.82) is 0 Å². The minimum Gasteiger partial charge on any atom is -0.396 e. The number of benzene rings is 1. The normalized spacial score (nSPS) is 16.6. The Balaban J connectivity index is 1.80. The Hall–Kier alpha value is -0.660. The zero-order chi connectivity index (χ0) is 12.3. The van der Waals surface area contributed by atoms with Gasteiger partial charge in [0, 0.05) is 29.2 Å². The first-order chi connectivity index (χ1) is 8.19. The second-order valence-corrected chi connectivity index (χ2v) is 5.43. The lowest BCUT2D eigenvalue weighted by Crippen LogP contribution is -2.51. The Morgan fingerprint density at radius 1 is 1.47 bits per heavy atom. The van der Waals surface area contributed by atoms with Crippen LogP contribution in [0.4, 0.5) is 5.69 Å². The van der Waals surface area contributed by atoms with E-state index in [1.54, 1.807) is 0 Å². The number of anilines is 1. The molecule has 1 aromatic rings. The number of aliphatic hydroxyl groups is 1. The minimum absolute atomic E-state index is 0.00510. The van der Waals surface area contributed by atoms with Gasteiger partial charge in [-0.05, 0) is 34.7 Å². The second kappa shape index (κ2) is 5.79. The van der Waals surface area contributed by atoms with Crippen molar-refractivity contribution in [1.82, 2.24) is 4.90 Å². The van der Waals surface area contributed by atoms with Gasteiger partial charge in [-0.25, -0.2) is 0 Å². The third kappa shape index (κ3) is 3.40. The third-order valence-corrected chi connectivity index (χ3v) is 3.75. The first-order valence-corrected chi connectivity index (χ1v) is 6.64. The van der Waals surface area contributed by atoms with Crippen LogP contribution in [0.1, 0.15) is 0 Å². The van der Waals surface area contributed by atoms with Gasteiger partial charge in [0.15, 0.2) is 0 Å². The molecule has 2 rings (SSSR count). The standard InChI is InChI=1S/C12H15IN2O2/c13-10-3-1-2-4-11(10)14-12(17)7-15-5-9(6-15)8-16/h1-4,9,16H,5-8H2,(H,14,17). The molecule has 1 heterocycles. The summed E-state index contributed by atoms with van der Waals surface area (Å²) >= 11 is 2.20.